The molecular formula is C11H23NS. The minimum Gasteiger partial charge on any atom is -0.315 e. The third-order valence-corrected chi connectivity index (χ3v) is 3.99. The third-order valence-electron chi connectivity index (χ3n) is 2.45. The summed E-state index contributed by atoms with van der Waals surface area (Å²) in [5, 5.41) is 3.59. The van der Waals surface area contributed by atoms with Gasteiger partial charge in [0.15, 0.2) is 0 Å². The first-order valence-corrected chi connectivity index (χ1v) is 6.25. The molecule has 1 unspecified atom stereocenters. The van der Waals surface area contributed by atoms with Crippen molar-refractivity contribution in [2.75, 3.05) is 18.8 Å². The molecule has 2 heteroatoms. The van der Waals surface area contributed by atoms with Crippen LogP contribution in [0, 0.1) is 5.41 Å². The van der Waals surface area contributed by atoms with Crippen molar-refractivity contribution in [2.24, 2.45) is 5.41 Å². The highest BCUT2D eigenvalue weighted by Crippen LogP contribution is 2.37. The first-order chi connectivity index (χ1) is 5.91. The van der Waals surface area contributed by atoms with Crippen LogP contribution in [0.1, 0.15) is 40.5 Å². The molecule has 0 radical (unpaired) electrons. The van der Waals surface area contributed by atoms with Gasteiger partial charge in [0.2, 0.25) is 0 Å². The van der Waals surface area contributed by atoms with Crippen LogP contribution >= 0.6 is 11.8 Å². The lowest BCUT2D eigenvalue weighted by Crippen LogP contribution is -2.37. The zero-order chi connectivity index (χ0) is 9.95. The van der Waals surface area contributed by atoms with Crippen LogP contribution in [0.3, 0.4) is 0 Å². The second-order valence-electron chi connectivity index (χ2n) is 5.57. The van der Waals surface area contributed by atoms with E-state index in [4.69, 9.17) is 0 Å². The number of rotatable bonds is 3. The predicted octanol–water partition coefficient (Wildman–Crippen LogP) is 2.91. The molecule has 1 fully saturated rings. The van der Waals surface area contributed by atoms with Crippen LogP contribution in [0.25, 0.3) is 0 Å². The topological polar surface area (TPSA) is 12.0 Å². The fourth-order valence-electron chi connectivity index (χ4n) is 1.68. The van der Waals surface area contributed by atoms with E-state index < -0.39 is 0 Å². The van der Waals surface area contributed by atoms with E-state index in [2.05, 4.69) is 44.8 Å². The number of hydrogen-bond donors (Lipinski definition) is 1. The molecule has 1 heterocycles. The van der Waals surface area contributed by atoms with E-state index in [9.17, 15) is 0 Å². The Morgan fingerprint density at radius 2 is 2.08 bits per heavy atom. The molecule has 13 heavy (non-hydrogen) atoms. The van der Waals surface area contributed by atoms with E-state index in [1.165, 1.54) is 25.1 Å². The molecule has 0 bridgehead atoms. The van der Waals surface area contributed by atoms with Gasteiger partial charge in [0.1, 0.15) is 0 Å². The van der Waals surface area contributed by atoms with E-state index in [1.54, 1.807) is 0 Å². The second-order valence-corrected chi connectivity index (χ2v) is 7.25. The SMILES string of the molecule is CC(C)(C)CNCC1(C)CCCS1. The van der Waals surface area contributed by atoms with Crippen molar-refractivity contribution in [1.82, 2.24) is 5.32 Å². The Labute approximate surface area is 87.1 Å². The summed E-state index contributed by atoms with van der Waals surface area (Å²) in [4.78, 5) is 0. The summed E-state index contributed by atoms with van der Waals surface area (Å²) >= 11 is 2.13. The molecule has 0 aromatic rings. The molecular weight excluding hydrogens is 178 g/mol. The van der Waals surface area contributed by atoms with Crippen molar-refractivity contribution in [3.05, 3.63) is 0 Å². The standard InChI is InChI=1S/C11H23NS/c1-10(2,3)8-12-9-11(4)6-5-7-13-11/h12H,5-9H2,1-4H3. The zero-order valence-electron chi connectivity index (χ0n) is 9.44. The molecule has 1 aliphatic heterocycles. The Bertz CT molecular complexity index is 154. The van der Waals surface area contributed by atoms with E-state index in [1.807, 2.05) is 0 Å². The smallest absolute Gasteiger partial charge is 0.0256 e. The normalized spacial score (nSPS) is 29.5. The molecule has 78 valence electrons. The molecule has 0 spiro atoms. The molecule has 1 saturated heterocycles. The van der Waals surface area contributed by atoms with Crippen molar-refractivity contribution in [2.45, 2.75) is 45.3 Å². The molecule has 1 atom stereocenters. The molecule has 1 rings (SSSR count). The molecule has 0 amide bonds. The largest absolute Gasteiger partial charge is 0.315 e. The maximum atomic E-state index is 3.59. The van der Waals surface area contributed by atoms with Crippen LogP contribution in [-0.2, 0) is 0 Å². The van der Waals surface area contributed by atoms with Crippen molar-refractivity contribution < 1.29 is 0 Å². The molecule has 1 N–H and O–H groups in total. The highest BCUT2D eigenvalue weighted by molar-refractivity contribution is 8.00. The van der Waals surface area contributed by atoms with Crippen molar-refractivity contribution >= 4 is 11.8 Å². The van der Waals surface area contributed by atoms with Crippen LogP contribution in [0.5, 0.6) is 0 Å². The molecule has 0 saturated carbocycles. The lowest BCUT2D eigenvalue weighted by molar-refractivity contribution is 0.369. The van der Waals surface area contributed by atoms with E-state index >= 15 is 0 Å². The fraction of sp³-hybridized carbons (Fsp3) is 1.00. The van der Waals surface area contributed by atoms with Crippen LogP contribution in [0.15, 0.2) is 0 Å². The fourth-order valence-corrected chi connectivity index (χ4v) is 2.95. The number of hydrogen-bond acceptors (Lipinski definition) is 2. The summed E-state index contributed by atoms with van der Waals surface area (Å²) in [6, 6.07) is 0. The summed E-state index contributed by atoms with van der Waals surface area (Å²) in [5.41, 5.74) is 0.416. The van der Waals surface area contributed by atoms with Gasteiger partial charge in [-0.25, -0.2) is 0 Å². The molecule has 0 aromatic carbocycles. The quantitative estimate of drug-likeness (QED) is 0.753. The first-order valence-electron chi connectivity index (χ1n) is 5.26. The average Bonchev–Trinajstić information content (AvgIpc) is 2.33. The lowest BCUT2D eigenvalue weighted by atomic mass is 9.96. The molecule has 0 aliphatic carbocycles. The monoisotopic (exact) mass is 201 g/mol. The first kappa shape index (κ1) is 11.4. The average molecular weight is 201 g/mol. The van der Waals surface area contributed by atoms with Crippen molar-refractivity contribution in [3.63, 3.8) is 0 Å². The minimum absolute atomic E-state index is 0.416. The van der Waals surface area contributed by atoms with Crippen LogP contribution in [-0.4, -0.2) is 23.6 Å². The van der Waals surface area contributed by atoms with Gasteiger partial charge in [-0.05, 0) is 30.9 Å². The highest BCUT2D eigenvalue weighted by atomic mass is 32.2. The van der Waals surface area contributed by atoms with Crippen LogP contribution in [0.4, 0.5) is 0 Å². The highest BCUT2D eigenvalue weighted by Gasteiger charge is 2.29. The maximum absolute atomic E-state index is 3.59. The van der Waals surface area contributed by atoms with Gasteiger partial charge in [-0.1, -0.05) is 20.8 Å². The summed E-state index contributed by atoms with van der Waals surface area (Å²) < 4.78 is 0.519. The zero-order valence-corrected chi connectivity index (χ0v) is 10.3. The summed E-state index contributed by atoms with van der Waals surface area (Å²) in [6.45, 7) is 11.5. The van der Waals surface area contributed by atoms with Crippen LogP contribution < -0.4 is 5.32 Å². The van der Waals surface area contributed by atoms with E-state index in [0.29, 0.717) is 10.2 Å². The molecule has 1 nitrogen and oxygen atoms in total. The van der Waals surface area contributed by atoms with Crippen LogP contribution in [0.2, 0.25) is 0 Å². The Balaban J connectivity index is 2.18. The van der Waals surface area contributed by atoms with Gasteiger partial charge in [-0.2, -0.15) is 11.8 Å². The van der Waals surface area contributed by atoms with Gasteiger partial charge in [-0.3, -0.25) is 0 Å². The van der Waals surface area contributed by atoms with Crippen molar-refractivity contribution in [1.29, 1.82) is 0 Å². The second kappa shape index (κ2) is 4.22. The number of nitrogens with one attached hydrogen (secondary N) is 1. The summed E-state index contributed by atoms with van der Waals surface area (Å²) in [6.07, 6.45) is 2.78. The van der Waals surface area contributed by atoms with Crippen molar-refractivity contribution in [3.8, 4) is 0 Å². The Hall–Kier alpha value is 0.310. The van der Waals surface area contributed by atoms with Gasteiger partial charge < -0.3 is 5.32 Å². The van der Waals surface area contributed by atoms with E-state index in [0.717, 1.165) is 6.54 Å². The van der Waals surface area contributed by atoms with Gasteiger partial charge >= 0.3 is 0 Å². The van der Waals surface area contributed by atoms with Gasteiger partial charge in [0, 0.05) is 17.8 Å². The summed E-state index contributed by atoms with van der Waals surface area (Å²) in [5.74, 6) is 1.35. The number of thioether (sulfide) groups is 1. The van der Waals surface area contributed by atoms with Gasteiger partial charge in [0.05, 0.1) is 0 Å². The third kappa shape index (κ3) is 4.37. The Kier molecular flexibility index (Phi) is 3.70. The minimum atomic E-state index is 0.416. The van der Waals surface area contributed by atoms with Gasteiger partial charge in [0.25, 0.3) is 0 Å². The molecule has 1 aliphatic rings. The van der Waals surface area contributed by atoms with Gasteiger partial charge in [-0.15, -0.1) is 0 Å². The molecule has 0 aromatic heterocycles. The Morgan fingerprint density at radius 1 is 1.38 bits per heavy atom. The Morgan fingerprint density at radius 3 is 2.54 bits per heavy atom. The van der Waals surface area contributed by atoms with E-state index in [-0.39, 0.29) is 0 Å². The lowest BCUT2D eigenvalue weighted by Gasteiger charge is -2.26. The predicted molar refractivity (Wildman–Crippen MR) is 62.4 cm³/mol. The summed E-state index contributed by atoms with van der Waals surface area (Å²) in [7, 11) is 0. The maximum Gasteiger partial charge on any atom is 0.0256 e.